The number of hydrogen-bond acceptors (Lipinski definition) is 3. The second kappa shape index (κ2) is 8.23. The van der Waals surface area contributed by atoms with E-state index in [0.717, 1.165) is 27.7 Å². The Labute approximate surface area is 194 Å². The number of aromatic nitrogens is 1. The van der Waals surface area contributed by atoms with Gasteiger partial charge < -0.3 is 9.72 Å². The van der Waals surface area contributed by atoms with Gasteiger partial charge in [0, 0.05) is 33.2 Å². The maximum atomic E-state index is 13.2. The van der Waals surface area contributed by atoms with Crippen LogP contribution in [0.1, 0.15) is 28.4 Å². The zero-order valence-corrected chi connectivity index (χ0v) is 18.3. The highest BCUT2D eigenvalue weighted by Crippen LogP contribution is 2.39. The molecule has 5 rings (SSSR count). The van der Waals surface area contributed by atoms with Gasteiger partial charge >= 0.3 is 6.09 Å². The minimum atomic E-state index is -0.455. The lowest BCUT2D eigenvalue weighted by Gasteiger charge is -2.35. The number of aromatic amines is 1. The molecule has 0 bridgehead atoms. The van der Waals surface area contributed by atoms with E-state index in [1.165, 1.54) is 0 Å². The van der Waals surface area contributed by atoms with Gasteiger partial charge in [-0.2, -0.15) is 5.26 Å². The smallest absolute Gasteiger partial charge is 0.410 e. The third-order valence-electron chi connectivity index (χ3n) is 5.70. The van der Waals surface area contributed by atoms with Crippen LogP contribution in [0.3, 0.4) is 0 Å². The summed E-state index contributed by atoms with van der Waals surface area (Å²) in [5.41, 5.74) is 4.46. The first-order valence-corrected chi connectivity index (χ1v) is 10.8. The minimum Gasteiger partial charge on any atom is -0.410 e. The molecule has 32 heavy (non-hydrogen) atoms. The zero-order valence-electron chi connectivity index (χ0n) is 16.8. The molecule has 1 unspecified atom stereocenters. The monoisotopic (exact) mass is 461 g/mol. The molecule has 1 aliphatic heterocycles. The van der Waals surface area contributed by atoms with Crippen molar-refractivity contribution in [2.45, 2.75) is 12.5 Å². The van der Waals surface area contributed by atoms with Crippen LogP contribution in [0.4, 0.5) is 4.79 Å². The average Bonchev–Trinajstić information content (AvgIpc) is 3.18. The van der Waals surface area contributed by atoms with E-state index in [-0.39, 0.29) is 0 Å². The standard InChI is InChI=1S/C25H17Cl2N3O2/c26-17-5-8-19(9-6-17)32-25(31)30-12-11-20-21-13-18(27)7-10-22(21)29-23(20)24(30)16-3-1-15(14-28)2-4-16/h1-10,13,24,29H,11-12H2. The molecule has 0 radical (unpaired) electrons. The molecule has 2 heterocycles. The molecule has 1 amide bonds. The lowest BCUT2D eigenvalue weighted by molar-refractivity contribution is 0.135. The first-order chi connectivity index (χ1) is 15.5. The van der Waals surface area contributed by atoms with Crippen LogP contribution in [0.2, 0.25) is 10.0 Å². The third-order valence-corrected chi connectivity index (χ3v) is 6.18. The highest BCUT2D eigenvalue weighted by Gasteiger charge is 2.35. The second-order valence-corrected chi connectivity index (χ2v) is 8.48. The van der Waals surface area contributed by atoms with Gasteiger partial charge in [-0.3, -0.25) is 4.90 Å². The van der Waals surface area contributed by atoms with Crippen molar-refractivity contribution in [1.82, 2.24) is 9.88 Å². The summed E-state index contributed by atoms with van der Waals surface area (Å²) in [6, 6.07) is 21.4. The number of carbonyl (C=O) groups excluding carboxylic acids is 1. The quantitative estimate of drug-likeness (QED) is 0.370. The molecular formula is C25H17Cl2N3O2. The number of benzene rings is 3. The molecule has 158 valence electrons. The first kappa shape index (κ1) is 20.4. The fraction of sp³-hybridized carbons (Fsp3) is 0.120. The Morgan fingerprint density at radius 2 is 1.75 bits per heavy atom. The van der Waals surface area contributed by atoms with Crippen molar-refractivity contribution in [3.8, 4) is 11.8 Å². The Morgan fingerprint density at radius 3 is 2.47 bits per heavy atom. The molecule has 0 saturated carbocycles. The van der Waals surface area contributed by atoms with Crippen molar-refractivity contribution in [3.05, 3.63) is 99.2 Å². The molecule has 0 aliphatic carbocycles. The summed E-state index contributed by atoms with van der Waals surface area (Å²) >= 11 is 12.2. The number of rotatable bonds is 2. The molecule has 0 saturated heterocycles. The molecule has 3 aromatic carbocycles. The number of nitriles is 1. The summed E-state index contributed by atoms with van der Waals surface area (Å²) in [7, 11) is 0. The lowest BCUT2D eigenvalue weighted by atomic mass is 9.92. The van der Waals surface area contributed by atoms with E-state index in [1.54, 1.807) is 41.3 Å². The normalized spacial score (nSPS) is 15.3. The second-order valence-electron chi connectivity index (χ2n) is 7.61. The number of hydrogen-bond donors (Lipinski definition) is 1. The van der Waals surface area contributed by atoms with Crippen molar-refractivity contribution in [1.29, 1.82) is 5.26 Å². The highest BCUT2D eigenvalue weighted by atomic mass is 35.5. The first-order valence-electron chi connectivity index (χ1n) is 10.1. The maximum absolute atomic E-state index is 13.2. The van der Waals surface area contributed by atoms with E-state index in [9.17, 15) is 10.1 Å². The molecular weight excluding hydrogens is 445 g/mol. The van der Waals surface area contributed by atoms with E-state index in [1.807, 2.05) is 30.3 Å². The Hall–Kier alpha value is -3.46. The van der Waals surface area contributed by atoms with Crippen LogP contribution in [0.25, 0.3) is 10.9 Å². The van der Waals surface area contributed by atoms with Crippen LogP contribution >= 0.6 is 23.2 Å². The lowest BCUT2D eigenvalue weighted by Crippen LogP contribution is -2.42. The number of nitrogens with zero attached hydrogens (tertiary/aromatic N) is 2. The number of fused-ring (bicyclic) bond motifs is 3. The number of nitrogens with one attached hydrogen (secondary N) is 1. The van der Waals surface area contributed by atoms with Gasteiger partial charge in [-0.1, -0.05) is 35.3 Å². The SMILES string of the molecule is N#Cc1ccc(C2c3[nH]c4ccc(Cl)cc4c3CCN2C(=O)Oc2ccc(Cl)cc2)cc1. The molecule has 1 aliphatic rings. The summed E-state index contributed by atoms with van der Waals surface area (Å²) in [5, 5.41) is 11.5. The van der Waals surface area contributed by atoms with E-state index < -0.39 is 12.1 Å². The van der Waals surface area contributed by atoms with Crippen molar-refractivity contribution in [2.24, 2.45) is 0 Å². The van der Waals surface area contributed by atoms with Crippen LogP contribution < -0.4 is 4.74 Å². The Kier molecular flexibility index (Phi) is 5.26. The fourth-order valence-electron chi connectivity index (χ4n) is 4.21. The summed E-state index contributed by atoms with van der Waals surface area (Å²) < 4.78 is 5.65. The minimum absolute atomic E-state index is 0.391. The molecule has 1 atom stereocenters. The molecule has 0 fully saturated rings. The molecule has 4 aromatic rings. The predicted octanol–water partition coefficient (Wildman–Crippen LogP) is 6.49. The Bertz CT molecular complexity index is 1360. The van der Waals surface area contributed by atoms with Crippen LogP contribution in [0.5, 0.6) is 5.75 Å². The number of amides is 1. The molecule has 0 spiro atoms. The van der Waals surface area contributed by atoms with Gasteiger partial charge in [0.1, 0.15) is 11.8 Å². The van der Waals surface area contributed by atoms with Gasteiger partial charge in [0.15, 0.2) is 0 Å². The molecule has 1 aromatic heterocycles. The van der Waals surface area contributed by atoms with E-state index in [2.05, 4.69) is 11.1 Å². The van der Waals surface area contributed by atoms with E-state index >= 15 is 0 Å². The topological polar surface area (TPSA) is 69.1 Å². The van der Waals surface area contributed by atoms with Crippen molar-refractivity contribution >= 4 is 40.2 Å². The zero-order chi connectivity index (χ0) is 22.2. The van der Waals surface area contributed by atoms with Gasteiger partial charge in [-0.05, 0) is 72.1 Å². The summed E-state index contributed by atoms with van der Waals surface area (Å²) in [5.74, 6) is 0.423. The fourth-order valence-corrected chi connectivity index (χ4v) is 4.50. The van der Waals surface area contributed by atoms with Gasteiger partial charge in [0.25, 0.3) is 0 Å². The Morgan fingerprint density at radius 1 is 1.03 bits per heavy atom. The van der Waals surface area contributed by atoms with Crippen molar-refractivity contribution in [2.75, 3.05) is 6.54 Å². The summed E-state index contributed by atoms with van der Waals surface area (Å²) in [4.78, 5) is 18.4. The van der Waals surface area contributed by atoms with Crippen LogP contribution in [0.15, 0.2) is 66.7 Å². The number of ether oxygens (including phenoxy) is 1. The van der Waals surface area contributed by atoms with Gasteiger partial charge in [0.05, 0.1) is 11.6 Å². The molecule has 5 nitrogen and oxygen atoms in total. The predicted molar refractivity (Wildman–Crippen MR) is 124 cm³/mol. The third kappa shape index (κ3) is 3.69. The van der Waals surface area contributed by atoms with Gasteiger partial charge in [0.2, 0.25) is 0 Å². The van der Waals surface area contributed by atoms with Crippen LogP contribution in [-0.2, 0) is 6.42 Å². The average molecular weight is 462 g/mol. The summed E-state index contributed by atoms with van der Waals surface area (Å²) in [6.45, 7) is 0.476. The number of halogens is 2. The highest BCUT2D eigenvalue weighted by molar-refractivity contribution is 6.31. The summed E-state index contributed by atoms with van der Waals surface area (Å²) in [6.07, 6.45) is 0.210. The van der Waals surface area contributed by atoms with Crippen molar-refractivity contribution in [3.63, 3.8) is 0 Å². The van der Waals surface area contributed by atoms with Gasteiger partial charge in [-0.15, -0.1) is 0 Å². The maximum Gasteiger partial charge on any atom is 0.416 e. The largest absolute Gasteiger partial charge is 0.416 e. The van der Waals surface area contributed by atoms with Crippen LogP contribution in [-0.4, -0.2) is 22.5 Å². The Balaban J connectivity index is 1.58. The van der Waals surface area contributed by atoms with Gasteiger partial charge in [-0.25, -0.2) is 4.79 Å². The van der Waals surface area contributed by atoms with E-state index in [0.29, 0.717) is 34.3 Å². The number of H-pyrrole nitrogens is 1. The number of carbonyl (C=O) groups is 1. The van der Waals surface area contributed by atoms with Crippen LogP contribution in [0, 0.1) is 11.3 Å². The van der Waals surface area contributed by atoms with Crippen molar-refractivity contribution < 1.29 is 9.53 Å². The molecule has 7 heteroatoms. The van der Waals surface area contributed by atoms with E-state index in [4.69, 9.17) is 27.9 Å². The molecule has 1 N–H and O–H groups in total.